The SMILES string of the molecule is CCOC(=O)c1cccc(NC(=O)Cc2csc(-c3ccco3)n2)c1. The predicted octanol–water partition coefficient (Wildman–Crippen LogP) is 3.76. The second-order valence-electron chi connectivity index (χ2n) is 5.15. The van der Waals surface area contributed by atoms with E-state index in [9.17, 15) is 9.59 Å². The minimum absolute atomic E-state index is 0.140. The Morgan fingerprint density at radius 3 is 2.92 bits per heavy atom. The average Bonchev–Trinajstić information content (AvgIpc) is 3.26. The van der Waals surface area contributed by atoms with E-state index in [-0.39, 0.29) is 12.3 Å². The molecule has 0 aliphatic rings. The lowest BCUT2D eigenvalue weighted by Gasteiger charge is -2.06. The molecule has 128 valence electrons. The number of amides is 1. The zero-order valence-corrected chi connectivity index (χ0v) is 14.3. The Balaban J connectivity index is 1.63. The van der Waals surface area contributed by atoms with Gasteiger partial charge in [-0.2, -0.15) is 0 Å². The van der Waals surface area contributed by atoms with Crippen LogP contribution in [0.15, 0.2) is 52.5 Å². The van der Waals surface area contributed by atoms with Crippen LogP contribution in [0.2, 0.25) is 0 Å². The van der Waals surface area contributed by atoms with Crippen LogP contribution in [-0.2, 0) is 16.0 Å². The molecule has 7 heteroatoms. The number of nitrogens with one attached hydrogen (secondary N) is 1. The van der Waals surface area contributed by atoms with Gasteiger partial charge in [0.05, 0.1) is 30.5 Å². The molecule has 1 aromatic carbocycles. The van der Waals surface area contributed by atoms with Crippen molar-refractivity contribution in [1.29, 1.82) is 0 Å². The van der Waals surface area contributed by atoms with Gasteiger partial charge in [0.1, 0.15) is 0 Å². The Bertz CT molecular complexity index is 871. The van der Waals surface area contributed by atoms with Gasteiger partial charge >= 0.3 is 5.97 Å². The number of aromatic nitrogens is 1. The van der Waals surface area contributed by atoms with Crippen molar-refractivity contribution in [3.8, 4) is 10.8 Å². The molecular formula is C18H16N2O4S. The molecule has 3 rings (SSSR count). The summed E-state index contributed by atoms with van der Waals surface area (Å²) >= 11 is 1.42. The molecule has 0 unspecified atom stereocenters. The van der Waals surface area contributed by atoms with Crippen LogP contribution in [0, 0.1) is 0 Å². The molecule has 0 fully saturated rings. The number of carbonyl (C=O) groups excluding carboxylic acids is 2. The average molecular weight is 356 g/mol. The fraction of sp³-hybridized carbons (Fsp3) is 0.167. The highest BCUT2D eigenvalue weighted by Gasteiger charge is 2.12. The van der Waals surface area contributed by atoms with Crippen LogP contribution >= 0.6 is 11.3 Å². The quantitative estimate of drug-likeness (QED) is 0.680. The Hall–Kier alpha value is -2.93. The molecule has 0 aliphatic heterocycles. The monoisotopic (exact) mass is 356 g/mol. The summed E-state index contributed by atoms with van der Waals surface area (Å²) in [6.07, 6.45) is 1.72. The molecule has 0 atom stereocenters. The predicted molar refractivity (Wildman–Crippen MR) is 94.5 cm³/mol. The molecule has 1 amide bonds. The van der Waals surface area contributed by atoms with E-state index in [0.29, 0.717) is 29.3 Å². The topological polar surface area (TPSA) is 81.4 Å². The normalized spacial score (nSPS) is 10.4. The molecule has 0 bridgehead atoms. The maximum absolute atomic E-state index is 12.2. The van der Waals surface area contributed by atoms with E-state index < -0.39 is 5.97 Å². The zero-order chi connectivity index (χ0) is 17.6. The first kappa shape index (κ1) is 16.9. The maximum Gasteiger partial charge on any atom is 0.338 e. The number of thiazole rings is 1. The second-order valence-corrected chi connectivity index (χ2v) is 6.01. The van der Waals surface area contributed by atoms with Crippen molar-refractivity contribution in [2.75, 3.05) is 11.9 Å². The van der Waals surface area contributed by atoms with Gasteiger partial charge in [-0.15, -0.1) is 11.3 Å². The largest absolute Gasteiger partial charge is 0.462 e. The van der Waals surface area contributed by atoms with Crippen molar-refractivity contribution >= 4 is 28.9 Å². The van der Waals surface area contributed by atoms with Crippen molar-refractivity contribution < 1.29 is 18.7 Å². The number of hydrogen-bond acceptors (Lipinski definition) is 6. The highest BCUT2D eigenvalue weighted by Crippen LogP contribution is 2.24. The molecule has 3 aromatic rings. The summed E-state index contributed by atoms with van der Waals surface area (Å²) < 4.78 is 10.2. The van der Waals surface area contributed by atoms with E-state index >= 15 is 0 Å². The van der Waals surface area contributed by atoms with E-state index in [1.807, 2.05) is 11.4 Å². The summed E-state index contributed by atoms with van der Waals surface area (Å²) in [4.78, 5) is 28.3. The molecule has 2 aromatic heterocycles. The summed E-state index contributed by atoms with van der Waals surface area (Å²) in [5.74, 6) is 0.0530. The second kappa shape index (κ2) is 7.76. The van der Waals surface area contributed by atoms with Gasteiger partial charge in [-0.1, -0.05) is 6.07 Å². The van der Waals surface area contributed by atoms with Crippen molar-refractivity contribution in [2.45, 2.75) is 13.3 Å². The number of ether oxygens (including phenoxy) is 1. The smallest absolute Gasteiger partial charge is 0.338 e. The number of benzene rings is 1. The zero-order valence-electron chi connectivity index (χ0n) is 13.5. The van der Waals surface area contributed by atoms with Gasteiger partial charge in [0, 0.05) is 11.1 Å². The lowest BCUT2D eigenvalue weighted by Crippen LogP contribution is -2.15. The highest BCUT2D eigenvalue weighted by atomic mass is 32.1. The van der Waals surface area contributed by atoms with Crippen molar-refractivity contribution in [1.82, 2.24) is 4.98 Å². The summed E-state index contributed by atoms with van der Waals surface area (Å²) in [5, 5.41) is 5.33. The van der Waals surface area contributed by atoms with Crippen molar-refractivity contribution in [3.05, 3.63) is 59.3 Å². The number of hydrogen-bond donors (Lipinski definition) is 1. The van der Waals surface area contributed by atoms with Crippen LogP contribution in [0.4, 0.5) is 5.69 Å². The van der Waals surface area contributed by atoms with Crippen molar-refractivity contribution in [2.24, 2.45) is 0 Å². The van der Waals surface area contributed by atoms with Gasteiger partial charge in [-0.25, -0.2) is 9.78 Å². The number of carbonyl (C=O) groups is 2. The maximum atomic E-state index is 12.2. The van der Waals surface area contributed by atoms with E-state index in [4.69, 9.17) is 9.15 Å². The van der Waals surface area contributed by atoms with E-state index in [1.54, 1.807) is 43.5 Å². The van der Waals surface area contributed by atoms with Crippen LogP contribution in [0.5, 0.6) is 0 Å². The van der Waals surface area contributed by atoms with Gasteiger partial charge in [-0.3, -0.25) is 4.79 Å². The molecule has 0 radical (unpaired) electrons. The molecule has 1 N–H and O–H groups in total. The summed E-state index contributed by atoms with van der Waals surface area (Å²) in [5.41, 5.74) is 1.60. The third-order valence-corrected chi connectivity index (χ3v) is 4.19. The first-order valence-electron chi connectivity index (χ1n) is 7.71. The summed E-state index contributed by atoms with van der Waals surface area (Å²) in [6, 6.07) is 10.3. The van der Waals surface area contributed by atoms with Gasteiger partial charge in [-0.05, 0) is 37.3 Å². The first-order chi connectivity index (χ1) is 12.2. The minimum Gasteiger partial charge on any atom is -0.462 e. The molecule has 0 saturated carbocycles. The number of rotatable bonds is 6. The van der Waals surface area contributed by atoms with Gasteiger partial charge in [0.15, 0.2) is 10.8 Å². The number of nitrogens with zero attached hydrogens (tertiary/aromatic N) is 1. The summed E-state index contributed by atoms with van der Waals surface area (Å²) in [7, 11) is 0. The molecule has 6 nitrogen and oxygen atoms in total. The fourth-order valence-electron chi connectivity index (χ4n) is 2.21. The molecular weight excluding hydrogens is 340 g/mol. The Kier molecular flexibility index (Phi) is 5.25. The van der Waals surface area contributed by atoms with Gasteiger partial charge < -0.3 is 14.5 Å². The Morgan fingerprint density at radius 2 is 2.16 bits per heavy atom. The van der Waals surface area contributed by atoms with E-state index in [2.05, 4.69) is 10.3 Å². The van der Waals surface area contributed by atoms with E-state index in [1.165, 1.54) is 11.3 Å². The molecule has 25 heavy (non-hydrogen) atoms. The molecule has 0 spiro atoms. The third-order valence-electron chi connectivity index (χ3n) is 3.28. The van der Waals surface area contributed by atoms with Crippen LogP contribution in [0.3, 0.4) is 0 Å². The lowest BCUT2D eigenvalue weighted by molar-refractivity contribution is -0.115. The van der Waals surface area contributed by atoms with Gasteiger partial charge in [0.25, 0.3) is 0 Å². The summed E-state index contributed by atoms with van der Waals surface area (Å²) in [6.45, 7) is 2.05. The fourth-order valence-corrected chi connectivity index (χ4v) is 3.00. The number of furan rings is 1. The minimum atomic E-state index is -0.416. The Morgan fingerprint density at radius 1 is 1.28 bits per heavy atom. The Labute approximate surface area is 148 Å². The van der Waals surface area contributed by atoms with Crippen LogP contribution < -0.4 is 5.32 Å². The van der Waals surface area contributed by atoms with Gasteiger partial charge in [0.2, 0.25) is 5.91 Å². The first-order valence-corrected chi connectivity index (χ1v) is 8.59. The van der Waals surface area contributed by atoms with Crippen LogP contribution in [0.25, 0.3) is 10.8 Å². The standard InChI is InChI=1S/C18H16N2O4S/c1-2-23-18(22)12-5-3-6-13(9-12)19-16(21)10-14-11-25-17(20-14)15-7-4-8-24-15/h3-9,11H,2,10H2,1H3,(H,19,21). The highest BCUT2D eigenvalue weighted by molar-refractivity contribution is 7.13. The van der Waals surface area contributed by atoms with Crippen LogP contribution in [0.1, 0.15) is 23.0 Å². The molecule has 0 saturated heterocycles. The van der Waals surface area contributed by atoms with Crippen LogP contribution in [-0.4, -0.2) is 23.5 Å². The molecule has 2 heterocycles. The lowest BCUT2D eigenvalue weighted by atomic mass is 10.2. The molecule has 0 aliphatic carbocycles. The van der Waals surface area contributed by atoms with E-state index in [0.717, 1.165) is 5.01 Å². The van der Waals surface area contributed by atoms with Crippen molar-refractivity contribution in [3.63, 3.8) is 0 Å². The number of anilines is 1. The number of esters is 1. The third kappa shape index (κ3) is 4.33.